The van der Waals surface area contributed by atoms with Crippen LogP contribution in [0.15, 0.2) is 0 Å². The Hall–Kier alpha value is -1.59. The topological polar surface area (TPSA) is 73.0 Å². The van der Waals surface area contributed by atoms with Crippen molar-refractivity contribution in [3.05, 3.63) is 15.8 Å². The summed E-state index contributed by atoms with van der Waals surface area (Å²) in [5.41, 5.74) is 0.522. The molecule has 0 aromatic carbocycles. The van der Waals surface area contributed by atoms with Crippen LogP contribution < -0.4 is 5.32 Å². The van der Waals surface area contributed by atoms with Gasteiger partial charge in [0.15, 0.2) is 0 Å². The largest absolute Gasteiger partial charge is 0.362 e. The summed E-state index contributed by atoms with van der Waals surface area (Å²) in [4.78, 5) is 10.7. The zero-order valence-corrected chi connectivity index (χ0v) is 11.7. The summed E-state index contributed by atoms with van der Waals surface area (Å²) < 4.78 is 1.54. The van der Waals surface area contributed by atoms with Crippen molar-refractivity contribution in [3.8, 4) is 0 Å². The summed E-state index contributed by atoms with van der Waals surface area (Å²) in [5.74, 6) is 1.09. The van der Waals surface area contributed by atoms with E-state index in [1.807, 2.05) is 6.92 Å². The molecule has 0 aliphatic carbocycles. The Morgan fingerprint density at radius 3 is 2.61 bits per heavy atom. The maximum atomic E-state index is 11.0. The van der Waals surface area contributed by atoms with Gasteiger partial charge in [-0.1, -0.05) is 20.3 Å². The first-order valence-corrected chi connectivity index (χ1v) is 6.31. The predicted octanol–water partition coefficient (Wildman–Crippen LogP) is 2.87. The summed E-state index contributed by atoms with van der Waals surface area (Å²) in [5, 5.41) is 18.3. The first-order valence-electron chi connectivity index (χ1n) is 6.31. The fourth-order valence-electron chi connectivity index (χ4n) is 2.09. The number of nitrogens with one attached hydrogen (secondary N) is 1. The van der Waals surface area contributed by atoms with Crippen molar-refractivity contribution in [2.75, 3.05) is 5.32 Å². The van der Waals surface area contributed by atoms with Gasteiger partial charge in [-0.15, -0.1) is 0 Å². The van der Waals surface area contributed by atoms with E-state index in [0.717, 1.165) is 12.8 Å². The molecule has 18 heavy (non-hydrogen) atoms. The quantitative estimate of drug-likeness (QED) is 0.625. The average molecular weight is 254 g/mol. The fraction of sp³-hybridized carbons (Fsp3) is 0.750. The third-order valence-corrected chi connectivity index (χ3v) is 3.21. The van der Waals surface area contributed by atoms with Gasteiger partial charge >= 0.3 is 5.69 Å². The number of nitrogens with zero attached hydrogens (tertiary/aromatic N) is 3. The number of rotatable bonds is 6. The van der Waals surface area contributed by atoms with E-state index in [1.165, 1.54) is 0 Å². The van der Waals surface area contributed by atoms with E-state index < -0.39 is 0 Å². The maximum absolute atomic E-state index is 11.0. The van der Waals surface area contributed by atoms with Crippen LogP contribution in [0.2, 0.25) is 0 Å². The van der Waals surface area contributed by atoms with Gasteiger partial charge in [0.2, 0.25) is 5.82 Å². The summed E-state index contributed by atoms with van der Waals surface area (Å²) in [6.07, 6.45) is 2.09. The van der Waals surface area contributed by atoms with Gasteiger partial charge in [0.05, 0.1) is 4.92 Å². The molecule has 0 aliphatic rings. The standard InChI is InChI=1S/C12H22N4O2/c1-6-8(2)7-9(3)13-12-11(16(17)18)10(4)14-15(12)5/h8-9,13H,6-7H2,1-5H3. The zero-order chi connectivity index (χ0) is 13.9. The molecule has 0 fully saturated rings. The molecule has 0 radical (unpaired) electrons. The van der Waals surface area contributed by atoms with Gasteiger partial charge < -0.3 is 5.32 Å². The van der Waals surface area contributed by atoms with Gasteiger partial charge in [-0.3, -0.25) is 10.1 Å². The number of nitro groups is 1. The minimum absolute atomic E-state index is 0.0773. The van der Waals surface area contributed by atoms with Gasteiger partial charge in [0.25, 0.3) is 0 Å². The third kappa shape index (κ3) is 3.21. The smallest absolute Gasteiger partial charge is 0.333 e. The van der Waals surface area contributed by atoms with Gasteiger partial charge in [-0.25, -0.2) is 4.68 Å². The fourth-order valence-corrected chi connectivity index (χ4v) is 2.09. The molecule has 0 spiro atoms. The van der Waals surface area contributed by atoms with Crippen molar-refractivity contribution in [1.82, 2.24) is 9.78 Å². The van der Waals surface area contributed by atoms with Crippen molar-refractivity contribution in [2.45, 2.75) is 46.6 Å². The second kappa shape index (κ2) is 5.84. The van der Waals surface area contributed by atoms with Crippen molar-refractivity contribution >= 4 is 11.5 Å². The Bertz CT molecular complexity index is 428. The van der Waals surface area contributed by atoms with E-state index in [4.69, 9.17) is 0 Å². The van der Waals surface area contributed by atoms with Crippen molar-refractivity contribution in [3.63, 3.8) is 0 Å². The van der Waals surface area contributed by atoms with Crippen LogP contribution in [0, 0.1) is 23.0 Å². The molecule has 0 amide bonds. The van der Waals surface area contributed by atoms with Crippen molar-refractivity contribution < 1.29 is 4.92 Å². The van der Waals surface area contributed by atoms with Crippen molar-refractivity contribution in [2.24, 2.45) is 13.0 Å². The maximum Gasteiger partial charge on any atom is 0.333 e. The van der Waals surface area contributed by atoms with E-state index in [1.54, 1.807) is 18.7 Å². The Kier molecular flexibility index (Phi) is 4.69. The van der Waals surface area contributed by atoms with Crippen LogP contribution in [0.4, 0.5) is 11.5 Å². The molecule has 2 unspecified atom stereocenters. The van der Waals surface area contributed by atoms with Gasteiger partial charge in [0, 0.05) is 13.1 Å². The molecule has 6 nitrogen and oxygen atoms in total. The lowest BCUT2D eigenvalue weighted by atomic mass is 10.0. The monoisotopic (exact) mass is 254 g/mol. The number of hydrogen-bond donors (Lipinski definition) is 1. The average Bonchev–Trinajstić information content (AvgIpc) is 2.53. The molecule has 1 N–H and O–H groups in total. The van der Waals surface area contributed by atoms with Crippen LogP contribution in [-0.4, -0.2) is 20.7 Å². The van der Waals surface area contributed by atoms with Crippen LogP contribution in [0.3, 0.4) is 0 Å². The lowest BCUT2D eigenvalue weighted by Gasteiger charge is -2.18. The van der Waals surface area contributed by atoms with E-state index in [9.17, 15) is 10.1 Å². The van der Waals surface area contributed by atoms with E-state index in [-0.39, 0.29) is 16.7 Å². The zero-order valence-electron chi connectivity index (χ0n) is 11.7. The highest BCUT2D eigenvalue weighted by molar-refractivity contribution is 5.59. The molecule has 1 aromatic heterocycles. The molecule has 0 bridgehead atoms. The van der Waals surface area contributed by atoms with Crippen molar-refractivity contribution in [1.29, 1.82) is 0 Å². The summed E-state index contributed by atoms with van der Waals surface area (Å²) >= 11 is 0. The number of hydrogen-bond acceptors (Lipinski definition) is 4. The number of anilines is 1. The van der Waals surface area contributed by atoms with Crippen LogP contribution in [-0.2, 0) is 7.05 Å². The summed E-state index contributed by atoms with van der Waals surface area (Å²) in [7, 11) is 1.72. The Morgan fingerprint density at radius 2 is 2.11 bits per heavy atom. The van der Waals surface area contributed by atoms with Crippen LogP contribution in [0.25, 0.3) is 0 Å². The first-order chi connectivity index (χ1) is 8.36. The second-order valence-corrected chi connectivity index (χ2v) is 4.96. The molecular weight excluding hydrogens is 232 g/mol. The van der Waals surface area contributed by atoms with Gasteiger partial charge in [-0.05, 0) is 26.2 Å². The van der Waals surface area contributed by atoms with Gasteiger partial charge in [-0.2, -0.15) is 5.10 Å². The molecule has 0 saturated carbocycles. The molecule has 1 rings (SSSR count). The molecule has 6 heteroatoms. The highest BCUT2D eigenvalue weighted by Gasteiger charge is 2.25. The minimum Gasteiger partial charge on any atom is -0.362 e. The Morgan fingerprint density at radius 1 is 1.50 bits per heavy atom. The molecule has 0 aliphatic heterocycles. The molecule has 1 aromatic rings. The molecule has 1 heterocycles. The van der Waals surface area contributed by atoms with Gasteiger partial charge in [0.1, 0.15) is 5.69 Å². The summed E-state index contributed by atoms with van der Waals surface area (Å²) in [6, 6.07) is 0.188. The van der Waals surface area contributed by atoms with E-state index in [2.05, 4.69) is 24.3 Å². The SMILES string of the molecule is CCC(C)CC(C)Nc1c([N+](=O)[O-])c(C)nn1C. The summed E-state index contributed by atoms with van der Waals surface area (Å²) in [6.45, 7) is 8.02. The second-order valence-electron chi connectivity index (χ2n) is 4.96. The third-order valence-electron chi connectivity index (χ3n) is 3.21. The van der Waals surface area contributed by atoms with Crippen LogP contribution >= 0.6 is 0 Å². The highest BCUT2D eigenvalue weighted by Crippen LogP contribution is 2.28. The highest BCUT2D eigenvalue weighted by atomic mass is 16.6. The lowest BCUT2D eigenvalue weighted by molar-refractivity contribution is -0.384. The van der Waals surface area contributed by atoms with Crippen LogP contribution in [0.1, 0.15) is 39.3 Å². The number of aryl methyl sites for hydroxylation is 2. The normalized spacial score (nSPS) is 14.3. The Balaban J connectivity index is 2.87. The minimum atomic E-state index is -0.374. The van der Waals surface area contributed by atoms with E-state index in [0.29, 0.717) is 17.4 Å². The predicted molar refractivity (Wildman–Crippen MR) is 71.8 cm³/mol. The first kappa shape index (κ1) is 14.5. The molecular formula is C12H22N4O2. The Labute approximate surface area is 108 Å². The number of aromatic nitrogens is 2. The molecule has 0 saturated heterocycles. The molecule has 2 atom stereocenters. The van der Waals surface area contributed by atoms with Crippen LogP contribution in [0.5, 0.6) is 0 Å². The lowest BCUT2D eigenvalue weighted by Crippen LogP contribution is -2.20. The molecule has 102 valence electrons. The van der Waals surface area contributed by atoms with E-state index >= 15 is 0 Å².